The van der Waals surface area contributed by atoms with Gasteiger partial charge in [-0.3, -0.25) is 29.0 Å². The van der Waals surface area contributed by atoms with Gasteiger partial charge in [0.15, 0.2) is 6.29 Å². The topological polar surface area (TPSA) is 215 Å². The van der Waals surface area contributed by atoms with E-state index >= 15 is 0 Å². The van der Waals surface area contributed by atoms with Gasteiger partial charge in [0.1, 0.15) is 12.1 Å². The van der Waals surface area contributed by atoms with Crippen LogP contribution in [0.3, 0.4) is 0 Å². The third-order valence-corrected chi connectivity index (χ3v) is 10.2. The second-order valence-corrected chi connectivity index (χ2v) is 14.7. The van der Waals surface area contributed by atoms with Gasteiger partial charge < -0.3 is 60.0 Å². The molecule has 5 unspecified atom stereocenters. The van der Waals surface area contributed by atoms with Crippen molar-refractivity contribution >= 4 is 23.7 Å². The minimum atomic E-state index is -1.02. The van der Waals surface area contributed by atoms with Crippen molar-refractivity contribution in [3.63, 3.8) is 0 Å². The van der Waals surface area contributed by atoms with E-state index in [9.17, 15) is 34.5 Å². The zero-order chi connectivity index (χ0) is 41.3. The lowest BCUT2D eigenvalue weighted by Crippen LogP contribution is -2.54. The highest BCUT2D eigenvalue weighted by Crippen LogP contribution is 2.28. The van der Waals surface area contributed by atoms with Gasteiger partial charge in [0.05, 0.1) is 45.1 Å². The summed E-state index contributed by atoms with van der Waals surface area (Å²) in [4.78, 5) is 59.8. The van der Waals surface area contributed by atoms with Crippen molar-refractivity contribution in [1.82, 2.24) is 35.6 Å². The first kappa shape index (κ1) is 49.6. The number of carbonyl (C=O) groups excluding carboxylic acids is 3. The standard InChI is InChI=1S/C38H73N7O11/c1-6-22-53-25-26-54-23-9-12-40-37(52)30(10-11-32(46)39-13-24-55-38-36(51)29(4)35(50)31(7-2)56-38)41-33(47)27-44-19-18-43(8-3)16-14-42(5)15-17-45(21-20-44)28-34(48)49/h29-31,35-36,38,50-51H,6-28H2,1-5H3,(H,39,46)(H,40,52)(H,41,47)(H,48,49)/t29?,30-,31?,35?,36?,38?/m1/s1. The predicted molar refractivity (Wildman–Crippen MR) is 210 cm³/mol. The number of carboxylic acid groups (broad SMARTS) is 1. The van der Waals surface area contributed by atoms with E-state index in [1.165, 1.54) is 0 Å². The Hall–Kier alpha value is -2.52. The van der Waals surface area contributed by atoms with E-state index in [-0.39, 0.29) is 50.9 Å². The van der Waals surface area contributed by atoms with Gasteiger partial charge >= 0.3 is 5.97 Å². The highest BCUT2D eigenvalue weighted by molar-refractivity contribution is 5.89. The third kappa shape index (κ3) is 20.3. The number of aliphatic hydroxyl groups is 2. The number of ether oxygens (including phenoxy) is 4. The summed E-state index contributed by atoms with van der Waals surface area (Å²) in [6, 6.07) is -0.976. The van der Waals surface area contributed by atoms with E-state index in [0.29, 0.717) is 72.0 Å². The Morgan fingerprint density at radius 1 is 0.768 bits per heavy atom. The van der Waals surface area contributed by atoms with Gasteiger partial charge in [-0.2, -0.15) is 0 Å². The number of amides is 3. The Bertz CT molecular complexity index is 1120. The minimum absolute atomic E-state index is 0.00322. The van der Waals surface area contributed by atoms with Gasteiger partial charge in [-0.25, -0.2) is 0 Å². The molecule has 2 heterocycles. The Kier molecular flexibility index (Phi) is 25.5. The van der Waals surface area contributed by atoms with Crippen LogP contribution in [0.25, 0.3) is 0 Å². The lowest BCUT2D eigenvalue weighted by molar-refractivity contribution is -0.282. The summed E-state index contributed by atoms with van der Waals surface area (Å²) in [6.45, 7) is 16.3. The van der Waals surface area contributed by atoms with Gasteiger partial charge in [-0.1, -0.05) is 27.7 Å². The minimum Gasteiger partial charge on any atom is -0.480 e. The Balaban J connectivity index is 1.99. The van der Waals surface area contributed by atoms with Gasteiger partial charge in [0, 0.05) is 91.0 Å². The molecular formula is C38H73N7O11. The fourth-order valence-corrected chi connectivity index (χ4v) is 6.47. The maximum Gasteiger partial charge on any atom is 0.317 e. The van der Waals surface area contributed by atoms with E-state index in [1.807, 2.05) is 30.7 Å². The van der Waals surface area contributed by atoms with Crippen molar-refractivity contribution in [3.05, 3.63) is 0 Å². The van der Waals surface area contributed by atoms with Crippen LogP contribution in [0.1, 0.15) is 59.8 Å². The summed E-state index contributed by atoms with van der Waals surface area (Å²) in [7, 11) is 2.03. The van der Waals surface area contributed by atoms with Gasteiger partial charge in [-0.05, 0) is 39.3 Å². The summed E-state index contributed by atoms with van der Waals surface area (Å²) in [5.74, 6) is -2.46. The molecule has 3 amide bonds. The average Bonchev–Trinajstić information content (AvgIpc) is 3.17. The zero-order valence-electron chi connectivity index (χ0n) is 34.6. The summed E-state index contributed by atoms with van der Waals surface area (Å²) in [6.07, 6.45) is -1.15. The lowest BCUT2D eigenvalue weighted by atomic mass is 9.90. The monoisotopic (exact) mass is 804 g/mol. The highest BCUT2D eigenvalue weighted by Gasteiger charge is 2.41. The molecule has 2 aliphatic heterocycles. The molecule has 18 nitrogen and oxygen atoms in total. The number of carboxylic acids is 1. The number of hydrogen-bond acceptors (Lipinski definition) is 14. The van der Waals surface area contributed by atoms with E-state index in [2.05, 4.69) is 32.7 Å². The van der Waals surface area contributed by atoms with E-state index < -0.39 is 48.4 Å². The fraction of sp³-hybridized carbons (Fsp3) is 0.895. The van der Waals surface area contributed by atoms with Crippen molar-refractivity contribution in [3.8, 4) is 0 Å². The van der Waals surface area contributed by atoms with Crippen molar-refractivity contribution in [2.75, 3.05) is 125 Å². The Morgan fingerprint density at radius 3 is 2.04 bits per heavy atom. The number of rotatable bonds is 24. The number of carbonyl (C=O) groups is 4. The normalized spacial score (nSPS) is 24.4. The fourth-order valence-electron chi connectivity index (χ4n) is 6.47. The van der Waals surface area contributed by atoms with Crippen LogP contribution in [-0.2, 0) is 38.1 Å². The van der Waals surface area contributed by atoms with Crippen LogP contribution in [0.4, 0.5) is 0 Å². The second kappa shape index (κ2) is 28.8. The number of nitrogens with zero attached hydrogens (tertiary/aromatic N) is 4. The van der Waals surface area contributed by atoms with Crippen molar-refractivity contribution < 1.29 is 53.4 Å². The molecule has 326 valence electrons. The first-order valence-electron chi connectivity index (χ1n) is 20.6. The van der Waals surface area contributed by atoms with Crippen LogP contribution in [0.2, 0.25) is 0 Å². The van der Waals surface area contributed by atoms with E-state index in [4.69, 9.17) is 18.9 Å². The molecule has 2 rings (SSSR count). The van der Waals surface area contributed by atoms with Crippen LogP contribution >= 0.6 is 0 Å². The summed E-state index contributed by atoms with van der Waals surface area (Å²) in [5.41, 5.74) is 0. The molecule has 0 aliphatic carbocycles. The van der Waals surface area contributed by atoms with Crippen LogP contribution < -0.4 is 16.0 Å². The number of aliphatic hydroxyl groups excluding tert-OH is 2. The van der Waals surface area contributed by atoms with Crippen LogP contribution in [-0.4, -0.2) is 214 Å². The zero-order valence-corrected chi connectivity index (χ0v) is 34.6. The SMILES string of the molecule is CCCOCCOCCCNC(=O)[C@@H](CCC(=O)NCCOC1OC(CC)C(O)C(C)C1O)NC(=O)CN1CCN(CC)CCN(C)CCN(CC(=O)O)CC1. The number of aliphatic carboxylic acids is 1. The van der Waals surface area contributed by atoms with E-state index in [1.54, 1.807) is 6.92 Å². The Morgan fingerprint density at radius 2 is 1.39 bits per heavy atom. The molecule has 6 N–H and O–H groups in total. The number of hydrogen-bond donors (Lipinski definition) is 6. The quantitative estimate of drug-likeness (QED) is 0.0632. The molecule has 2 aliphatic rings. The molecule has 0 saturated carbocycles. The molecule has 18 heteroatoms. The average molecular weight is 804 g/mol. The second-order valence-electron chi connectivity index (χ2n) is 14.7. The van der Waals surface area contributed by atoms with Crippen molar-refractivity contribution in [1.29, 1.82) is 0 Å². The molecule has 0 aromatic heterocycles. The molecule has 2 fully saturated rings. The van der Waals surface area contributed by atoms with Crippen LogP contribution in [0.5, 0.6) is 0 Å². The van der Waals surface area contributed by atoms with E-state index in [0.717, 1.165) is 39.1 Å². The molecule has 2 saturated heterocycles. The molecule has 0 spiro atoms. The van der Waals surface area contributed by atoms with Gasteiger partial charge in [0.25, 0.3) is 0 Å². The number of nitrogens with one attached hydrogen (secondary N) is 3. The maximum absolute atomic E-state index is 13.5. The summed E-state index contributed by atoms with van der Waals surface area (Å²) < 4.78 is 22.4. The first-order chi connectivity index (χ1) is 26.9. The molecule has 0 bridgehead atoms. The maximum atomic E-state index is 13.5. The van der Waals surface area contributed by atoms with Crippen LogP contribution in [0.15, 0.2) is 0 Å². The highest BCUT2D eigenvalue weighted by atomic mass is 16.7. The molecule has 0 radical (unpaired) electrons. The summed E-state index contributed by atoms with van der Waals surface area (Å²) >= 11 is 0. The molecule has 0 aromatic rings. The molecule has 6 atom stereocenters. The van der Waals surface area contributed by atoms with Gasteiger partial charge in [-0.15, -0.1) is 0 Å². The summed E-state index contributed by atoms with van der Waals surface area (Å²) in [5, 5.41) is 38.8. The van der Waals surface area contributed by atoms with Gasteiger partial charge in [0.2, 0.25) is 17.7 Å². The third-order valence-electron chi connectivity index (χ3n) is 10.2. The molecular weight excluding hydrogens is 730 g/mol. The van der Waals surface area contributed by atoms with Crippen molar-refractivity contribution in [2.24, 2.45) is 5.92 Å². The molecule has 56 heavy (non-hydrogen) atoms. The van der Waals surface area contributed by atoms with Crippen molar-refractivity contribution in [2.45, 2.75) is 90.4 Å². The van der Waals surface area contributed by atoms with Crippen LogP contribution in [0, 0.1) is 5.92 Å². The Labute approximate surface area is 333 Å². The molecule has 0 aromatic carbocycles. The smallest absolute Gasteiger partial charge is 0.317 e. The largest absolute Gasteiger partial charge is 0.480 e. The predicted octanol–water partition coefficient (Wildman–Crippen LogP) is -1.22. The first-order valence-corrected chi connectivity index (χ1v) is 20.6. The lowest BCUT2D eigenvalue weighted by Gasteiger charge is -2.41. The number of likely N-dealkylation sites (N-methyl/N-ethyl adjacent to an activating group) is 2.